The van der Waals surface area contributed by atoms with Crippen molar-refractivity contribution >= 4 is 23.2 Å². The fourth-order valence-electron chi connectivity index (χ4n) is 2.83. The van der Waals surface area contributed by atoms with Crippen LogP contribution in [-0.4, -0.2) is 23.9 Å². The second kappa shape index (κ2) is 5.41. The van der Waals surface area contributed by atoms with Gasteiger partial charge in [0, 0.05) is 23.8 Å². The van der Waals surface area contributed by atoms with Crippen molar-refractivity contribution in [3.8, 4) is 0 Å². The highest BCUT2D eigenvalue weighted by Crippen LogP contribution is 2.37. The maximum absolute atomic E-state index is 12.5. The SMILES string of the molecule is CCC1(CC)CCN(C(=O)c2ccc(Cl)cc2N)C1. The number of hydrogen-bond acceptors (Lipinski definition) is 2. The summed E-state index contributed by atoms with van der Waals surface area (Å²) in [5.74, 6) is 0.0259. The predicted octanol–water partition coefficient (Wildman–Crippen LogP) is 3.57. The fourth-order valence-corrected chi connectivity index (χ4v) is 3.01. The Morgan fingerprint density at radius 1 is 1.42 bits per heavy atom. The minimum atomic E-state index is 0.0259. The third-order valence-corrected chi connectivity index (χ3v) is 4.70. The van der Waals surface area contributed by atoms with Crippen molar-refractivity contribution in [2.75, 3.05) is 18.8 Å². The Hall–Kier alpha value is -1.22. The monoisotopic (exact) mass is 280 g/mol. The average molecular weight is 281 g/mol. The molecule has 4 heteroatoms. The minimum absolute atomic E-state index is 0.0259. The van der Waals surface area contributed by atoms with E-state index in [0.29, 0.717) is 16.3 Å². The molecule has 2 N–H and O–H groups in total. The topological polar surface area (TPSA) is 46.3 Å². The highest BCUT2D eigenvalue weighted by atomic mass is 35.5. The molecule has 0 aromatic heterocycles. The number of anilines is 1. The Morgan fingerprint density at radius 3 is 2.63 bits per heavy atom. The van der Waals surface area contributed by atoms with Gasteiger partial charge < -0.3 is 10.6 Å². The quantitative estimate of drug-likeness (QED) is 0.860. The van der Waals surface area contributed by atoms with Crippen LogP contribution in [0, 0.1) is 5.41 Å². The predicted molar refractivity (Wildman–Crippen MR) is 79.4 cm³/mol. The van der Waals surface area contributed by atoms with Crippen molar-refractivity contribution in [1.29, 1.82) is 0 Å². The summed E-state index contributed by atoms with van der Waals surface area (Å²) in [6.07, 6.45) is 3.31. The van der Waals surface area contributed by atoms with E-state index in [4.69, 9.17) is 17.3 Å². The zero-order valence-corrected chi connectivity index (χ0v) is 12.3. The number of hydrogen-bond donors (Lipinski definition) is 1. The molecule has 104 valence electrons. The number of benzene rings is 1. The van der Waals surface area contributed by atoms with Gasteiger partial charge in [0.15, 0.2) is 0 Å². The molecule has 1 aromatic carbocycles. The average Bonchev–Trinajstić information content (AvgIpc) is 2.83. The number of nitrogens with zero attached hydrogens (tertiary/aromatic N) is 1. The van der Waals surface area contributed by atoms with E-state index in [1.165, 1.54) is 0 Å². The standard InChI is InChI=1S/C15H21ClN2O/c1-3-15(4-2)7-8-18(10-15)14(19)12-6-5-11(16)9-13(12)17/h5-6,9H,3-4,7-8,10,17H2,1-2H3. The van der Waals surface area contributed by atoms with Crippen LogP contribution in [0.3, 0.4) is 0 Å². The van der Waals surface area contributed by atoms with Gasteiger partial charge in [-0.25, -0.2) is 0 Å². The van der Waals surface area contributed by atoms with Gasteiger partial charge in [0.1, 0.15) is 0 Å². The van der Waals surface area contributed by atoms with Crippen LogP contribution in [0.1, 0.15) is 43.5 Å². The molecule has 1 heterocycles. The number of nitrogen functional groups attached to an aromatic ring is 1. The van der Waals surface area contributed by atoms with Crippen molar-refractivity contribution in [3.05, 3.63) is 28.8 Å². The Kier molecular flexibility index (Phi) is 4.04. The number of amides is 1. The number of carbonyl (C=O) groups is 1. The molecule has 1 aliphatic heterocycles. The maximum Gasteiger partial charge on any atom is 0.255 e. The molecule has 0 aliphatic carbocycles. The lowest BCUT2D eigenvalue weighted by molar-refractivity contribution is 0.0771. The van der Waals surface area contributed by atoms with E-state index in [1.54, 1.807) is 18.2 Å². The van der Waals surface area contributed by atoms with Crippen molar-refractivity contribution in [2.24, 2.45) is 5.41 Å². The molecule has 1 aromatic rings. The van der Waals surface area contributed by atoms with Gasteiger partial charge in [-0.1, -0.05) is 25.4 Å². The first kappa shape index (κ1) is 14.2. The lowest BCUT2D eigenvalue weighted by Crippen LogP contribution is -2.32. The first-order chi connectivity index (χ1) is 9.01. The zero-order valence-electron chi connectivity index (χ0n) is 11.6. The summed E-state index contributed by atoms with van der Waals surface area (Å²) in [7, 11) is 0. The van der Waals surface area contributed by atoms with Crippen LogP contribution in [0.4, 0.5) is 5.69 Å². The molecule has 1 fully saturated rings. The minimum Gasteiger partial charge on any atom is -0.398 e. The highest BCUT2D eigenvalue weighted by molar-refractivity contribution is 6.31. The molecule has 0 atom stereocenters. The molecule has 0 saturated carbocycles. The first-order valence-corrected chi connectivity index (χ1v) is 7.23. The van der Waals surface area contributed by atoms with Crippen LogP contribution in [-0.2, 0) is 0 Å². The Labute approximate surface area is 119 Å². The molecule has 3 nitrogen and oxygen atoms in total. The van der Waals surface area contributed by atoms with Crippen LogP contribution in [0.5, 0.6) is 0 Å². The van der Waals surface area contributed by atoms with Gasteiger partial charge >= 0.3 is 0 Å². The largest absolute Gasteiger partial charge is 0.398 e. The summed E-state index contributed by atoms with van der Waals surface area (Å²) in [5.41, 5.74) is 7.20. The number of likely N-dealkylation sites (tertiary alicyclic amines) is 1. The molecule has 19 heavy (non-hydrogen) atoms. The summed E-state index contributed by atoms with van der Waals surface area (Å²) < 4.78 is 0. The number of rotatable bonds is 3. The number of carbonyl (C=O) groups excluding carboxylic acids is 1. The van der Waals surface area contributed by atoms with Gasteiger partial charge in [0.2, 0.25) is 0 Å². The van der Waals surface area contributed by atoms with E-state index in [0.717, 1.165) is 32.4 Å². The van der Waals surface area contributed by atoms with Crippen molar-refractivity contribution in [3.63, 3.8) is 0 Å². The molecule has 2 rings (SSSR count). The zero-order chi connectivity index (χ0) is 14.0. The Balaban J connectivity index is 2.17. The molecule has 0 unspecified atom stereocenters. The third kappa shape index (κ3) is 2.71. The molecule has 0 radical (unpaired) electrons. The lowest BCUT2D eigenvalue weighted by Gasteiger charge is -2.26. The third-order valence-electron chi connectivity index (χ3n) is 4.47. The first-order valence-electron chi connectivity index (χ1n) is 6.85. The molecule has 1 aliphatic rings. The molecule has 0 spiro atoms. The Bertz CT molecular complexity index is 483. The van der Waals surface area contributed by atoms with E-state index in [2.05, 4.69) is 13.8 Å². The van der Waals surface area contributed by atoms with Crippen LogP contribution in [0.25, 0.3) is 0 Å². The van der Waals surface area contributed by atoms with Crippen molar-refractivity contribution in [2.45, 2.75) is 33.1 Å². The molecule has 1 saturated heterocycles. The van der Waals surface area contributed by atoms with Gasteiger partial charge in [-0.05, 0) is 42.9 Å². The van der Waals surface area contributed by atoms with E-state index in [-0.39, 0.29) is 11.3 Å². The van der Waals surface area contributed by atoms with Crippen molar-refractivity contribution < 1.29 is 4.79 Å². The fraction of sp³-hybridized carbons (Fsp3) is 0.533. The van der Waals surface area contributed by atoms with Crippen LogP contribution < -0.4 is 5.73 Å². The second-order valence-electron chi connectivity index (χ2n) is 5.42. The number of nitrogens with two attached hydrogens (primary N) is 1. The molecule has 0 bridgehead atoms. The van der Waals surface area contributed by atoms with Gasteiger partial charge in [-0.3, -0.25) is 4.79 Å². The van der Waals surface area contributed by atoms with Gasteiger partial charge in [0.05, 0.1) is 5.56 Å². The molecular formula is C15H21ClN2O. The van der Waals surface area contributed by atoms with Gasteiger partial charge in [-0.15, -0.1) is 0 Å². The second-order valence-corrected chi connectivity index (χ2v) is 5.85. The molecular weight excluding hydrogens is 260 g/mol. The summed E-state index contributed by atoms with van der Waals surface area (Å²) >= 11 is 5.87. The summed E-state index contributed by atoms with van der Waals surface area (Å²) in [5, 5.41) is 0.562. The summed E-state index contributed by atoms with van der Waals surface area (Å²) in [4.78, 5) is 14.4. The van der Waals surface area contributed by atoms with E-state index >= 15 is 0 Å². The smallest absolute Gasteiger partial charge is 0.255 e. The van der Waals surface area contributed by atoms with Crippen LogP contribution in [0.2, 0.25) is 5.02 Å². The normalized spacial score (nSPS) is 17.7. The highest BCUT2D eigenvalue weighted by Gasteiger charge is 2.37. The lowest BCUT2D eigenvalue weighted by atomic mass is 9.82. The molecule has 1 amide bonds. The van der Waals surface area contributed by atoms with E-state index in [1.807, 2.05) is 4.90 Å². The van der Waals surface area contributed by atoms with Crippen LogP contribution >= 0.6 is 11.6 Å². The number of halogens is 1. The summed E-state index contributed by atoms with van der Waals surface area (Å²) in [6.45, 7) is 6.06. The van der Waals surface area contributed by atoms with E-state index < -0.39 is 0 Å². The maximum atomic E-state index is 12.5. The van der Waals surface area contributed by atoms with Crippen LogP contribution in [0.15, 0.2) is 18.2 Å². The van der Waals surface area contributed by atoms with E-state index in [9.17, 15) is 4.79 Å². The van der Waals surface area contributed by atoms with Gasteiger partial charge in [-0.2, -0.15) is 0 Å². The Morgan fingerprint density at radius 2 is 2.11 bits per heavy atom. The summed E-state index contributed by atoms with van der Waals surface area (Å²) in [6, 6.07) is 5.07. The van der Waals surface area contributed by atoms with Gasteiger partial charge in [0.25, 0.3) is 5.91 Å². The van der Waals surface area contributed by atoms with Crippen molar-refractivity contribution in [1.82, 2.24) is 4.90 Å².